The highest BCUT2D eigenvalue weighted by Crippen LogP contribution is 2.35. The summed E-state index contributed by atoms with van der Waals surface area (Å²) in [5.41, 5.74) is 1.13. The maximum absolute atomic E-state index is 13.0. The van der Waals surface area contributed by atoms with Gasteiger partial charge in [0.05, 0.1) is 4.90 Å². The van der Waals surface area contributed by atoms with E-state index >= 15 is 0 Å². The second kappa shape index (κ2) is 6.28. The molecule has 0 aromatic heterocycles. The highest BCUT2D eigenvalue weighted by Gasteiger charge is 2.43. The molecule has 0 amide bonds. The summed E-state index contributed by atoms with van der Waals surface area (Å²) in [6.45, 7) is 2.50. The monoisotopic (exact) mass is 323 g/mol. The molecule has 1 saturated heterocycles. The summed E-state index contributed by atoms with van der Waals surface area (Å²) >= 11 is 0. The molecule has 1 aromatic rings. The molecule has 1 aliphatic carbocycles. The van der Waals surface area contributed by atoms with Crippen LogP contribution in [0.15, 0.2) is 29.2 Å². The first-order valence-electron chi connectivity index (χ1n) is 7.96. The zero-order valence-electron chi connectivity index (χ0n) is 13.3. The quantitative estimate of drug-likeness (QED) is 0.856. The normalized spacial score (nSPS) is 22.6. The SMILES string of the molecule is CN(C)Cc1ccc(S(=O)(=O)N(C2CC2)C2CCNC2)cc1. The first-order chi connectivity index (χ1) is 10.5. The lowest BCUT2D eigenvalue weighted by atomic mass is 10.2. The van der Waals surface area contributed by atoms with Crippen LogP contribution in [0.3, 0.4) is 0 Å². The molecule has 1 aromatic carbocycles. The number of nitrogens with one attached hydrogen (secondary N) is 1. The van der Waals surface area contributed by atoms with E-state index in [4.69, 9.17) is 0 Å². The molecule has 2 fully saturated rings. The van der Waals surface area contributed by atoms with Crippen LogP contribution in [-0.2, 0) is 16.6 Å². The van der Waals surface area contributed by atoms with Crippen LogP contribution in [0.1, 0.15) is 24.8 Å². The van der Waals surface area contributed by atoms with Gasteiger partial charge in [0.1, 0.15) is 0 Å². The van der Waals surface area contributed by atoms with Gasteiger partial charge in [0.25, 0.3) is 0 Å². The van der Waals surface area contributed by atoms with E-state index in [-0.39, 0.29) is 12.1 Å². The summed E-state index contributed by atoms with van der Waals surface area (Å²) < 4.78 is 27.8. The Bertz CT molecular complexity index is 603. The Kier molecular flexibility index (Phi) is 4.54. The Labute approximate surface area is 133 Å². The van der Waals surface area contributed by atoms with Gasteiger partial charge >= 0.3 is 0 Å². The van der Waals surface area contributed by atoms with Gasteiger partial charge in [-0.05, 0) is 57.6 Å². The average Bonchev–Trinajstić information content (AvgIpc) is 3.13. The third-order valence-electron chi connectivity index (χ3n) is 4.30. The van der Waals surface area contributed by atoms with Gasteiger partial charge < -0.3 is 10.2 Å². The third kappa shape index (κ3) is 3.35. The van der Waals surface area contributed by atoms with Crippen molar-refractivity contribution < 1.29 is 8.42 Å². The summed E-state index contributed by atoms with van der Waals surface area (Å²) in [4.78, 5) is 2.50. The Morgan fingerprint density at radius 1 is 1.09 bits per heavy atom. The van der Waals surface area contributed by atoms with Gasteiger partial charge in [-0.25, -0.2) is 8.42 Å². The smallest absolute Gasteiger partial charge is 0.243 e. The minimum atomic E-state index is -3.39. The molecule has 22 heavy (non-hydrogen) atoms. The topological polar surface area (TPSA) is 52.7 Å². The summed E-state index contributed by atoms with van der Waals surface area (Å²) in [6.07, 6.45) is 2.90. The van der Waals surface area contributed by atoms with Gasteiger partial charge in [0, 0.05) is 25.2 Å². The second-order valence-electron chi connectivity index (χ2n) is 6.59. The van der Waals surface area contributed by atoms with Crippen molar-refractivity contribution in [1.82, 2.24) is 14.5 Å². The van der Waals surface area contributed by atoms with Crippen molar-refractivity contribution in [3.05, 3.63) is 29.8 Å². The highest BCUT2D eigenvalue weighted by molar-refractivity contribution is 7.89. The van der Waals surface area contributed by atoms with E-state index in [9.17, 15) is 8.42 Å². The molecule has 3 rings (SSSR count). The van der Waals surface area contributed by atoms with Gasteiger partial charge in [-0.2, -0.15) is 4.31 Å². The van der Waals surface area contributed by atoms with E-state index in [1.807, 2.05) is 26.2 Å². The number of hydrogen-bond acceptors (Lipinski definition) is 4. The van der Waals surface area contributed by atoms with Crippen molar-refractivity contribution in [2.24, 2.45) is 0 Å². The Morgan fingerprint density at radius 2 is 1.77 bits per heavy atom. The van der Waals surface area contributed by atoms with Gasteiger partial charge in [-0.1, -0.05) is 12.1 Å². The molecule has 1 N–H and O–H groups in total. The molecule has 1 saturated carbocycles. The molecule has 1 unspecified atom stereocenters. The second-order valence-corrected chi connectivity index (χ2v) is 8.44. The van der Waals surface area contributed by atoms with E-state index in [2.05, 4.69) is 10.2 Å². The number of benzene rings is 1. The molecule has 0 radical (unpaired) electrons. The predicted octanol–water partition coefficient (Wildman–Crippen LogP) is 1.26. The largest absolute Gasteiger partial charge is 0.315 e. The van der Waals surface area contributed by atoms with Crippen LogP contribution in [0, 0.1) is 0 Å². The van der Waals surface area contributed by atoms with Crippen molar-refractivity contribution in [2.75, 3.05) is 27.2 Å². The molecular formula is C16H25N3O2S. The lowest BCUT2D eigenvalue weighted by molar-refractivity contribution is 0.327. The Balaban J connectivity index is 1.84. The van der Waals surface area contributed by atoms with Crippen molar-refractivity contribution in [3.63, 3.8) is 0 Å². The Hall–Kier alpha value is -0.950. The maximum Gasteiger partial charge on any atom is 0.243 e. The maximum atomic E-state index is 13.0. The molecule has 0 bridgehead atoms. The molecule has 5 nitrogen and oxygen atoms in total. The van der Waals surface area contributed by atoms with Crippen LogP contribution >= 0.6 is 0 Å². The minimum absolute atomic E-state index is 0.110. The van der Waals surface area contributed by atoms with Crippen LogP contribution in [0.5, 0.6) is 0 Å². The van der Waals surface area contributed by atoms with Crippen molar-refractivity contribution in [1.29, 1.82) is 0 Å². The number of sulfonamides is 1. The first-order valence-corrected chi connectivity index (χ1v) is 9.40. The third-order valence-corrected chi connectivity index (χ3v) is 6.32. The molecule has 0 spiro atoms. The van der Waals surface area contributed by atoms with E-state index in [1.54, 1.807) is 16.4 Å². The van der Waals surface area contributed by atoms with E-state index < -0.39 is 10.0 Å². The van der Waals surface area contributed by atoms with Gasteiger partial charge in [-0.15, -0.1) is 0 Å². The number of nitrogens with zero attached hydrogens (tertiary/aromatic N) is 2. The molecule has 122 valence electrons. The van der Waals surface area contributed by atoms with Crippen LogP contribution in [0.25, 0.3) is 0 Å². The average molecular weight is 323 g/mol. The molecule has 6 heteroatoms. The van der Waals surface area contributed by atoms with Crippen molar-refractivity contribution in [2.45, 2.75) is 42.8 Å². The fourth-order valence-corrected chi connectivity index (χ4v) is 5.03. The van der Waals surface area contributed by atoms with Gasteiger partial charge in [0.15, 0.2) is 0 Å². The molecule has 1 heterocycles. The first kappa shape index (κ1) is 15.9. The van der Waals surface area contributed by atoms with Crippen molar-refractivity contribution >= 4 is 10.0 Å². The fraction of sp³-hybridized carbons (Fsp3) is 0.625. The molecular weight excluding hydrogens is 298 g/mol. The predicted molar refractivity (Wildman–Crippen MR) is 87.2 cm³/mol. The van der Waals surface area contributed by atoms with E-state index in [0.29, 0.717) is 4.90 Å². The van der Waals surface area contributed by atoms with Crippen LogP contribution in [0.2, 0.25) is 0 Å². The minimum Gasteiger partial charge on any atom is -0.315 e. The van der Waals surface area contributed by atoms with E-state index in [0.717, 1.165) is 44.5 Å². The Morgan fingerprint density at radius 3 is 2.27 bits per heavy atom. The summed E-state index contributed by atoms with van der Waals surface area (Å²) in [5, 5.41) is 3.28. The molecule has 1 atom stereocenters. The van der Waals surface area contributed by atoms with E-state index in [1.165, 1.54) is 0 Å². The molecule has 1 aliphatic heterocycles. The standard InChI is InChI=1S/C16H25N3O2S/c1-18(2)12-13-3-7-16(8-4-13)22(20,21)19(14-5-6-14)15-9-10-17-11-15/h3-4,7-8,14-15,17H,5-6,9-12H2,1-2H3. The highest BCUT2D eigenvalue weighted by atomic mass is 32.2. The zero-order valence-corrected chi connectivity index (χ0v) is 14.1. The van der Waals surface area contributed by atoms with Gasteiger partial charge in [0.2, 0.25) is 10.0 Å². The van der Waals surface area contributed by atoms with Crippen LogP contribution < -0.4 is 5.32 Å². The molecule has 2 aliphatic rings. The van der Waals surface area contributed by atoms with Crippen LogP contribution in [-0.4, -0.2) is 56.9 Å². The summed E-state index contributed by atoms with van der Waals surface area (Å²) in [6, 6.07) is 7.67. The van der Waals surface area contributed by atoms with Gasteiger partial charge in [-0.3, -0.25) is 0 Å². The number of rotatable bonds is 6. The zero-order chi connectivity index (χ0) is 15.7. The lowest BCUT2D eigenvalue weighted by Crippen LogP contribution is -2.43. The van der Waals surface area contributed by atoms with Crippen LogP contribution in [0.4, 0.5) is 0 Å². The fourth-order valence-electron chi connectivity index (χ4n) is 3.13. The summed E-state index contributed by atoms with van der Waals surface area (Å²) in [5.74, 6) is 0. The van der Waals surface area contributed by atoms with Crippen molar-refractivity contribution in [3.8, 4) is 0 Å². The summed E-state index contributed by atoms with van der Waals surface area (Å²) in [7, 11) is 0.626. The lowest BCUT2D eigenvalue weighted by Gasteiger charge is -2.27. The number of hydrogen-bond donors (Lipinski definition) is 1.